The summed E-state index contributed by atoms with van der Waals surface area (Å²) in [6.45, 7) is 8.19. The third-order valence-electron chi connectivity index (χ3n) is 5.78. The first kappa shape index (κ1) is 19.9. The predicted molar refractivity (Wildman–Crippen MR) is 109 cm³/mol. The van der Waals surface area contributed by atoms with Gasteiger partial charge in [0, 0.05) is 51.0 Å². The summed E-state index contributed by atoms with van der Waals surface area (Å²) >= 11 is 0. The number of nitrogens with one attached hydrogen (secondary N) is 2. The summed E-state index contributed by atoms with van der Waals surface area (Å²) in [5, 5.41) is 6.95. The molecule has 2 aliphatic rings. The van der Waals surface area contributed by atoms with Crippen molar-refractivity contribution in [2.24, 2.45) is 4.99 Å². The number of halogens is 1. The number of nitrogens with zero attached hydrogens (tertiary/aromatic N) is 4. The number of rotatable bonds is 5. The lowest BCUT2D eigenvalue weighted by Crippen LogP contribution is -2.51. The molecule has 3 rings (SSSR count). The van der Waals surface area contributed by atoms with E-state index >= 15 is 0 Å². The summed E-state index contributed by atoms with van der Waals surface area (Å²) in [5.41, 5.74) is 0. The van der Waals surface area contributed by atoms with E-state index < -0.39 is 0 Å². The van der Waals surface area contributed by atoms with Gasteiger partial charge in [-0.15, -0.1) is 0 Å². The van der Waals surface area contributed by atoms with Gasteiger partial charge in [0.05, 0.1) is 0 Å². The number of pyridine rings is 1. The monoisotopic (exact) mass is 376 g/mol. The highest BCUT2D eigenvalue weighted by Gasteiger charge is 2.27. The van der Waals surface area contributed by atoms with Crippen molar-refractivity contribution >= 4 is 11.8 Å². The van der Waals surface area contributed by atoms with E-state index in [1.165, 1.54) is 31.9 Å². The summed E-state index contributed by atoms with van der Waals surface area (Å²) in [6, 6.07) is 4.46. The highest BCUT2D eigenvalue weighted by molar-refractivity contribution is 5.80. The molecule has 2 fully saturated rings. The largest absolute Gasteiger partial charge is 0.355 e. The minimum absolute atomic E-state index is 0.238. The molecule has 7 heteroatoms. The topological polar surface area (TPSA) is 55.8 Å². The molecule has 150 valence electrons. The lowest BCUT2D eigenvalue weighted by Gasteiger charge is -2.38. The molecule has 3 unspecified atom stereocenters. The van der Waals surface area contributed by atoms with Crippen LogP contribution in [-0.4, -0.2) is 67.2 Å². The van der Waals surface area contributed by atoms with Crippen LogP contribution in [0.3, 0.4) is 0 Å². The van der Waals surface area contributed by atoms with Crippen LogP contribution in [-0.2, 0) is 0 Å². The average molecular weight is 377 g/mol. The molecule has 0 aromatic carbocycles. The molecule has 6 nitrogen and oxygen atoms in total. The molecule has 2 aliphatic heterocycles. The molecule has 1 aromatic rings. The van der Waals surface area contributed by atoms with Gasteiger partial charge in [0.15, 0.2) is 17.6 Å². The Hall–Kier alpha value is -1.89. The zero-order valence-electron chi connectivity index (χ0n) is 16.8. The Labute approximate surface area is 162 Å². The standard InChI is InChI=1S/C20H33FN6/c1-15-7-4-5-11-27(15)16(2)13-24-20(22-3)25-17-9-12-26(14-17)19-18(21)8-6-10-23-19/h6,8,10,15-17H,4-5,7,9,11-14H2,1-3H3,(H2,22,24,25). The highest BCUT2D eigenvalue weighted by Crippen LogP contribution is 2.21. The van der Waals surface area contributed by atoms with Crippen LogP contribution in [0.2, 0.25) is 0 Å². The number of anilines is 1. The van der Waals surface area contributed by atoms with Crippen LogP contribution in [0.15, 0.2) is 23.3 Å². The maximum Gasteiger partial charge on any atom is 0.191 e. The lowest BCUT2D eigenvalue weighted by atomic mass is 10.0. The van der Waals surface area contributed by atoms with Gasteiger partial charge in [-0.2, -0.15) is 0 Å². The van der Waals surface area contributed by atoms with Crippen molar-refractivity contribution in [3.8, 4) is 0 Å². The maximum absolute atomic E-state index is 13.9. The molecule has 3 atom stereocenters. The number of likely N-dealkylation sites (tertiary alicyclic amines) is 1. The normalized spacial score (nSPS) is 25.5. The van der Waals surface area contributed by atoms with E-state index in [1.807, 2.05) is 4.90 Å². The number of piperidine rings is 1. The summed E-state index contributed by atoms with van der Waals surface area (Å²) in [6.07, 6.45) is 6.51. The number of guanidine groups is 1. The summed E-state index contributed by atoms with van der Waals surface area (Å²) in [5.74, 6) is 1.00. The van der Waals surface area contributed by atoms with Crippen LogP contribution in [0.5, 0.6) is 0 Å². The Morgan fingerprint density at radius 1 is 1.37 bits per heavy atom. The van der Waals surface area contributed by atoms with Crippen molar-refractivity contribution in [1.29, 1.82) is 0 Å². The lowest BCUT2D eigenvalue weighted by molar-refractivity contribution is 0.115. The van der Waals surface area contributed by atoms with Gasteiger partial charge in [0.1, 0.15) is 0 Å². The van der Waals surface area contributed by atoms with Gasteiger partial charge < -0.3 is 15.5 Å². The zero-order valence-corrected chi connectivity index (χ0v) is 16.8. The second kappa shape index (κ2) is 9.35. The Morgan fingerprint density at radius 2 is 2.22 bits per heavy atom. The fraction of sp³-hybridized carbons (Fsp3) is 0.700. The molecule has 2 saturated heterocycles. The van der Waals surface area contributed by atoms with Crippen LogP contribution in [0.25, 0.3) is 0 Å². The van der Waals surface area contributed by atoms with Gasteiger partial charge in [-0.05, 0) is 51.8 Å². The third-order valence-corrected chi connectivity index (χ3v) is 5.78. The van der Waals surface area contributed by atoms with E-state index in [0.29, 0.717) is 17.9 Å². The molecule has 0 radical (unpaired) electrons. The Bertz CT molecular complexity index is 637. The van der Waals surface area contributed by atoms with Crippen molar-refractivity contribution < 1.29 is 4.39 Å². The molecule has 0 bridgehead atoms. The fourth-order valence-corrected chi connectivity index (χ4v) is 4.21. The number of hydrogen-bond acceptors (Lipinski definition) is 4. The fourth-order valence-electron chi connectivity index (χ4n) is 4.21. The summed E-state index contributed by atoms with van der Waals surface area (Å²) < 4.78 is 13.9. The van der Waals surface area contributed by atoms with Crippen molar-refractivity contribution in [1.82, 2.24) is 20.5 Å². The zero-order chi connectivity index (χ0) is 19.2. The minimum Gasteiger partial charge on any atom is -0.355 e. The van der Waals surface area contributed by atoms with Gasteiger partial charge >= 0.3 is 0 Å². The number of aromatic nitrogens is 1. The first-order valence-corrected chi connectivity index (χ1v) is 10.2. The highest BCUT2D eigenvalue weighted by atomic mass is 19.1. The SMILES string of the molecule is CN=C(NCC(C)N1CCCCC1C)NC1CCN(c2ncccc2F)C1. The molecular formula is C20H33FN6. The predicted octanol–water partition coefficient (Wildman–Crippen LogP) is 2.23. The second-order valence-electron chi connectivity index (χ2n) is 7.77. The molecule has 0 amide bonds. The van der Waals surface area contributed by atoms with E-state index in [2.05, 4.69) is 39.4 Å². The molecule has 0 saturated carbocycles. The van der Waals surface area contributed by atoms with Crippen LogP contribution >= 0.6 is 0 Å². The Kier molecular flexibility index (Phi) is 6.88. The quantitative estimate of drug-likeness (QED) is 0.610. The molecule has 27 heavy (non-hydrogen) atoms. The van der Waals surface area contributed by atoms with Gasteiger partial charge in [-0.3, -0.25) is 9.89 Å². The van der Waals surface area contributed by atoms with Crippen LogP contribution in [0.4, 0.5) is 10.2 Å². The van der Waals surface area contributed by atoms with Crippen molar-refractivity contribution in [2.75, 3.05) is 38.1 Å². The maximum atomic E-state index is 13.9. The van der Waals surface area contributed by atoms with E-state index in [1.54, 1.807) is 19.3 Å². The summed E-state index contributed by atoms with van der Waals surface area (Å²) in [4.78, 5) is 13.1. The first-order chi connectivity index (χ1) is 13.1. The van der Waals surface area contributed by atoms with Crippen molar-refractivity contribution in [2.45, 2.75) is 57.7 Å². The van der Waals surface area contributed by atoms with E-state index in [4.69, 9.17) is 0 Å². The Balaban J connectivity index is 1.47. The number of hydrogen-bond donors (Lipinski definition) is 2. The first-order valence-electron chi connectivity index (χ1n) is 10.2. The van der Waals surface area contributed by atoms with Gasteiger partial charge in [-0.1, -0.05) is 6.42 Å². The van der Waals surface area contributed by atoms with E-state index in [-0.39, 0.29) is 11.9 Å². The average Bonchev–Trinajstić information content (AvgIpc) is 3.14. The molecular weight excluding hydrogens is 343 g/mol. The Morgan fingerprint density at radius 3 is 2.96 bits per heavy atom. The molecule has 0 aliphatic carbocycles. The van der Waals surface area contributed by atoms with Crippen molar-refractivity contribution in [3.05, 3.63) is 24.1 Å². The van der Waals surface area contributed by atoms with Crippen molar-refractivity contribution in [3.63, 3.8) is 0 Å². The summed E-state index contributed by atoms with van der Waals surface area (Å²) in [7, 11) is 1.80. The van der Waals surface area contributed by atoms with Gasteiger partial charge in [0.25, 0.3) is 0 Å². The minimum atomic E-state index is -0.259. The number of aliphatic imine (C=N–C) groups is 1. The molecule has 1 aromatic heterocycles. The molecule has 0 spiro atoms. The molecule has 3 heterocycles. The van der Waals surface area contributed by atoms with Crippen LogP contribution < -0.4 is 15.5 Å². The van der Waals surface area contributed by atoms with Crippen LogP contribution in [0, 0.1) is 5.82 Å². The van der Waals surface area contributed by atoms with E-state index in [0.717, 1.165) is 32.0 Å². The third kappa shape index (κ3) is 5.09. The van der Waals surface area contributed by atoms with Crippen LogP contribution in [0.1, 0.15) is 39.5 Å². The van der Waals surface area contributed by atoms with Gasteiger partial charge in [-0.25, -0.2) is 9.37 Å². The smallest absolute Gasteiger partial charge is 0.191 e. The second-order valence-corrected chi connectivity index (χ2v) is 7.77. The van der Waals surface area contributed by atoms with E-state index in [9.17, 15) is 4.39 Å². The van der Waals surface area contributed by atoms with Gasteiger partial charge in [0.2, 0.25) is 0 Å². The molecule has 2 N–H and O–H groups in total.